The molecule has 2 N–H and O–H groups in total. The molecule has 0 aromatic rings. The van der Waals surface area contributed by atoms with Crippen LogP contribution in [0.25, 0.3) is 0 Å². The van der Waals surface area contributed by atoms with E-state index in [1.165, 1.54) is 0 Å². The lowest BCUT2D eigenvalue weighted by molar-refractivity contribution is -0.165. The molecule has 0 spiro atoms. The number of alkyl halides is 4. The zero-order valence-corrected chi connectivity index (χ0v) is 7.07. The number of carboxylic acids is 1. The Morgan fingerprint density at radius 2 is 2.00 bits per heavy atom. The van der Waals surface area contributed by atoms with Gasteiger partial charge in [-0.05, 0) is 0 Å². The molecule has 1 aliphatic rings. The van der Waals surface area contributed by atoms with Crippen LogP contribution in [0, 0.1) is 0 Å². The standard InChI is InChI=1S/C7H9F4NO2/c8-6(9)1-4(2-6)12-3-7(10,11)5(13)14/h4,12H,1-3H2,(H,13,14). The van der Waals surface area contributed by atoms with Crippen LogP contribution in [0.1, 0.15) is 12.8 Å². The fraction of sp³-hybridized carbons (Fsp3) is 0.857. The van der Waals surface area contributed by atoms with Gasteiger partial charge in [0.05, 0.1) is 6.54 Å². The normalized spacial score (nSPS) is 21.7. The van der Waals surface area contributed by atoms with Crippen LogP contribution in [0.4, 0.5) is 17.6 Å². The first-order valence-electron chi connectivity index (χ1n) is 3.95. The summed E-state index contributed by atoms with van der Waals surface area (Å²) in [6, 6.07) is -0.713. The highest BCUT2D eigenvalue weighted by Gasteiger charge is 2.47. The molecule has 1 saturated carbocycles. The van der Waals surface area contributed by atoms with Crippen molar-refractivity contribution in [2.45, 2.75) is 30.7 Å². The molecule has 7 heteroatoms. The minimum absolute atomic E-state index is 0.511. The van der Waals surface area contributed by atoms with Gasteiger partial charge in [-0.2, -0.15) is 8.78 Å². The van der Waals surface area contributed by atoms with Crippen LogP contribution >= 0.6 is 0 Å². The SMILES string of the molecule is O=C(O)C(F)(F)CNC1CC(F)(F)C1. The summed E-state index contributed by atoms with van der Waals surface area (Å²) in [5.74, 6) is -8.95. The first-order valence-corrected chi connectivity index (χ1v) is 3.95. The second-order valence-electron chi connectivity index (χ2n) is 3.35. The van der Waals surface area contributed by atoms with Crippen molar-refractivity contribution < 1.29 is 27.5 Å². The van der Waals surface area contributed by atoms with Gasteiger partial charge in [-0.15, -0.1) is 0 Å². The molecular formula is C7H9F4NO2. The Morgan fingerprint density at radius 3 is 2.36 bits per heavy atom. The average molecular weight is 215 g/mol. The lowest BCUT2D eigenvalue weighted by Crippen LogP contribution is -2.52. The van der Waals surface area contributed by atoms with Gasteiger partial charge in [0.2, 0.25) is 0 Å². The Morgan fingerprint density at radius 1 is 1.50 bits per heavy atom. The van der Waals surface area contributed by atoms with Gasteiger partial charge < -0.3 is 10.4 Å². The molecule has 0 amide bonds. The van der Waals surface area contributed by atoms with E-state index < -0.39 is 43.2 Å². The molecule has 3 nitrogen and oxygen atoms in total. The van der Waals surface area contributed by atoms with E-state index in [1.54, 1.807) is 0 Å². The maximum Gasteiger partial charge on any atom is 0.375 e. The number of hydrogen-bond donors (Lipinski definition) is 2. The highest BCUT2D eigenvalue weighted by Crippen LogP contribution is 2.37. The monoisotopic (exact) mass is 215 g/mol. The summed E-state index contributed by atoms with van der Waals surface area (Å²) in [7, 11) is 0. The Labute approximate surface area is 77.1 Å². The minimum Gasteiger partial charge on any atom is -0.477 e. The summed E-state index contributed by atoms with van der Waals surface area (Å²) < 4.78 is 49.3. The fourth-order valence-electron chi connectivity index (χ4n) is 1.15. The van der Waals surface area contributed by atoms with Crippen LogP contribution in [0.2, 0.25) is 0 Å². The summed E-state index contributed by atoms with van der Waals surface area (Å²) in [5.41, 5.74) is 0. The number of aliphatic carboxylic acids is 1. The second kappa shape index (κ2) is 3.38. The number of hydrogen-bond acceptors (Lipinski definition) is 2. The number of rotatable bonds is 4. The van der Waals surface area contributed by atoms with Crippen LogP contribution in [0.3, 0.4) is 0 Å². The lowest BCUT2D eigenvalue weighted by atomic mass is 9.88. The number of halogens is 4. The molecule has 0 aliphatic heterocycles. The van der Waals surface area contributed by atoms with Crippen molar-refractivity contribution >= 4 is 5.97 Å². The van der Waals surface area contributed by atoms with Crippen molar-refractivity contribution in [3.05, 3.63) is 0 Å². The van der Waals surface area contributed by atoms with Gasteiger partial charge in [0.1, 0.15) is 0 Å². The average Bonchev–Trinajstić information content (AvgIpc) is 1.96. The summed E-state index contributed by atoms with van der Waals surface area (Å²) in [6.07, 6.45) is -1.02. The minimum atomic E-state index is -3.90. The largest absolute Gasteiger partial charge is 0.477 e. The van der Waals surface area contributed by atoms with E-state index in [2.05, 4.69) is 5.32 Å². The Hall–Kier alpha value is -0.850. The van der Waals surface area contributed by atoms with Crippen LogP contribution in [0.5, 0.6) is 0 Å². The highest BCUT2D eigenvalue weighted by molar-refractivity contribution is 5.75. The van der Waals surface area contributed by atoms with E-state index >= 15 is 0 Å². The van der Waals surface area contributed by atoms with E-state index in [0.29, 0.717) is 0 Å². The van der Waals surface area contributed by atoms with E-state index in [4.69, 9.17) is 5.11 Å². The predicted molar refractivity (Wildman–Crippen MR) is 38.6 cm³/mol. The number of nitrogens with one attached hydrogen (secondary N) is 1. The lowest BCUT2D eigenvalue weighted by Gasteiger charge is -2.35. The quantitative estimate of drug-likeness (QED) is 0.690. The van der Waals surface area contributed by atoms with Crippen LogP contribution in [-0.2, 0) is 4.79 Å². The molecule has 0 saturated heterocycles. The molecule has 1 aliphatic carbocycles. The van der Waals surface area contributed by atoms with Gasteiger partial charge >= 0.3 is 11.9 Å². The van der Waals surface area contributed by atoms with Crippen LogP contribution < -0.4 is 5.32 Å². The van der Waals surface area contributed by atoms with Crippen molar-refractivity contribution in [2.24, 2.45) is 0 Å². The summed E-state index contributed by atoms with van der Waals surface area (Å²) in [6.45, 7) is -1.11. The van der Waals surface area contributed by atoms with E-state index in [1.807, 2.05) is 0 Å². The third-order valence-corrected chi connectivity index (χ3v) is 2.02. The highest BCUT2D eigenvalue weighted by atomic mass is 19.3. The predicted octanol–water partition coefficient (Wildman–Crippen LogP) is 1.09. The third-order valence-electron chi connectivity index (χ3n) is 2.02. The Kier molecular flexibility index (Phi) is 2.71. The van der Waals surface area contributed by atoms with Crippen LogP contribution in [0.15, 0.2) is 0 Å². The van der Waals surface area contributed by atoms with Crippen molar-refractivity contribution in [2.75, 3.05) is 6.54 Å². The molecule has 14 heavy (non-hydrogen) atoms. The Bertz CT molecular complexity index is 236. The molecule has 82 valence electrons. The van der Waals surface area contributed by atoms with Gasteiger partial charge in [0.25, 0.3) is 5.92 Å². The third kappa shape index (κ3) is 2.57. The molecule has 0 aromatic carbocycles. The van der Waals surface area contributed by atoms with Gasteiger partial charge in [-0.25, -0.2) is 13.6 Å². The molecule has 0 bridgehead atoms. The zero-order valence-electron chi connectivity index (χ0n) is 7.07. The zero-order chi connectivity index (χ0) is 11.0. The molecule has 0 heterocycles. The first-order chi connectivity index (χ1) is 6.23. The second-order valence-corrected chi connectivity index (χ2v) is 3.35. The van der Waals surface area contributed by atoms with Crippen molar-refractivity contribution in [1.82, 2.24) is 5.32 Å². The molecule has 0 atom stereocenters. The van der Waals surface area contributed by atoms with E-state index in [0.717, 1.165) is 0 Å². The molecule has 0 aromatic heterocycles. The fourth-order valence-corrected chi connectivity index (χ4v) is 1.15. The van der Waals surface area contributed by atoms with Crippen LogP contribution in [-0.4, -0.2) is 35.5 Å². The summed E-state index contributed by atoms with van der Waals surface area (Å²) in [4.78, 5) is 9.93. The van der Waals surface area contributed by atoms with Crippen molar-refractivity contribution in [3.8, 4) is 0 Å². The molecule has 1 rings (SSSR count). The maximum absolute atomic E-state index is 12.4. The first kappa shape index (κ1) is 11.2. The molecule has 0 unspecified atom stereocenters. The van der Waals surface area contributed by atoms with Crippen molar-refractivity contribution in [3.63, 3.8) is 0 Å². The smallest absolute Gasteiger partial charge is 0.375 e. The van der Waals surface area contributed by atoms with Gasteiger partial charge in [-0.3, -0.25) is 0 Å². The topological polar surface area (TPSA) is 49.3 Å². The van der Waals surface area contributed by atoms with E-state index in [9.17, 15) is 22.4 Å². The molecule has 1 fully saturated rings. The summed E-state index contributed by atoms with van der Waals surface area (Å²) in [5, 5.41) is 10.1. The number of carbonyl (C=O) groups is 1. The van der Waals surface area contributed by atoms with Gasteiger partial charge in [-0.1, -0.05) is 0 Å². The van der Waals surface area contributed by atoms with Gasteiger partial charge in [0, 0.05) is 18.9 Å². The Balaban J connectivity index is 2.26. The van der Waals surface area contributed by atoms with E-state index in [-0.39, 0.29) is 0 Å². The molecule has 0 radical (unpaired) electrons. The van der Waals surface area contributed by atoms with Gasteiger partial charge in [0.15, 0.2) is 0 Å². The molecular weight excluding hydrogens is 206 g/mol. The van der Waals surface area contributed by atoms with Crippen molar-refractivity contribution in [1.29, 1.82) is 0 Å². The summed E-state index contributed by atoms with van der Waals surface area (Å²) >= 11 is 0. The number of carboxylic acid groups (broad SMARTS) is 1. The maximum atomic E-state index is 12.4.